The van der Waals surface area contributed by atoms with Crippen LogP contribution < -0.4 is 11.1 Å². The second-order valence-corrected chi connectivity index (χ2v) is 5.42. The molecule has 140 valence electrons. The minimum atomic E-state index is -1.41. The molecule has 2 aromatic rings. The molecule has 0 heterocycles. The van der Waals surface area contributed by atoms with Gasteiger partial charge >= 0.3 is 5.97 Å². The predicted molar refractivity (Wildman–Crippen MR) is 97.2 cm³/mol. The molecule has 0 saturated heterocycles. The van der Waals surface area contributed by atoms with Gasteiger partial charge in [0.1, 0.15) is 6.04 Å². The van der Waals surface area contributed by atoms with Crippen LogP contribution >= 0.6 is 0 Å². The Kier molecular flexibility index (Phi) is 9.63. The number of aliphatic hydroxyl groups is 1. The van der Waals surface area contributed by atoms with Crippen molar-refractivity contribution >= 4 is 11.9 Å². The summed E-state index contributed by atoms with van der Waals surface area (Å²) in [5.74, 6) is -1.42. The number of hydrogen-bond donors (Lipinski definition) is 4. The largest absolute Gasteiger partial charge is 0.479 e. The van der Waals surface area contributed by atoms with Crippen LogP contribution in [0.3, 0.4) is 0 Å². The van der Waals surface area contributed by atoms with Crippen LogP contribution in [0.15, 0.2) is 60.7 Å². The van der Waals surface area contributed by atoms with Crippen LogP contribution in [0.25, 0.3) is 0 Å². The topological polar surface area (TPSA) is 122 Å². The Bertz CT molecular complexity index is 664. The van der Waals surface area contributed by atoms with Gasteiger partial charge in [0.2, 0.25) is 5.91 Å². The Hall–Kier alpha value is -2.74. The summed E-state index contributed by atoms with van der Waals surface area (Å²) in [6, 6.07) is 17.3. The molecule has 0 aromatic heterocycles. The Morgan fingerprint density at radius 3 is 2.12 bits per heavy atom. The summed E-state index contributed by atoms with van der Waals surface area (Å²) in [5, 5.41) is 20.1. The third-order valence-electron chi connectivity index (χ3n) is 3.34. The summed E-state index contributed by atoms with van der Waals surface area (Å²) in [6.07, 6.45) is -1.41. The summed E-state index contributed by atoms with van der Waals surface area (Å²) >= 11 is 0. The van der Waals surface area contributed by atoms with Crippen molar-refractivity contribution in [3.63, 3.8) is 0 Å². The first-order chi connectivity index (χ1) is 12.5. The standard InChI is InChI=1S/C11H16N2O2.C8H8O3/c1-15-8-10(12)11(14)13-7-9-5-3-2-4-6-9;9-7(8(10)11)6-4-2-1-3-5-6/h2-6,10H,7-8,12H2,1H3,(H,13,14);1-5,7,9H,(H,10,11). The number of aliphatic carboxylic acids is 1. The van der Waals surface area contributed by atoms with Gasteiger partial charge in [0.15, 0.2) is 6.10 Å². The van der Waals surface area contributed by atoms with Crippen molar-refractivity contribution in [2.24, 2.45) is 5.73 Å². The highest BCUT2D eigenvalue weighted by Gasteiger charge is 2.14. The van der Waals surface area contributed by atoms with Gasteiger partial charge in [0.25, 0.3) is 0 Å². The Morgan fingerprint density at radius 1 is 1.08 bits per heavy atom. The number of hydrogen-bond acceptors (Lipinski definition) is 5. The third kappa shape index (κ3) is 7.89. The van der Waals surface area contributed by atoms with Crippen LogP contribution in [0, 0.1) is 0 Å². The van der Waals surface area contributed by atoms with Gasteiger partial charge in [-0.3, -0.25) is 4.79 Å². The van der Waals surface area contributed by atoms with Crippen LogP contribution in [-0.2, 0) is 20.9 Å². The molecule has 5 N–H and O–H groups in total. The van der Waals surface area contributed by atoms with Crippen molar-refractivity contribution < 1.29 is 24.5 Å². The Morgan fingerprint density at radius 2 is 1.62 bits per heavy atom. The monoisotopic (exact) mass is 360 g/mol. The summed E-state index contributed by atoms with van der Waals surface area (Å²) in [5.41, 5.74) is 7.01. The number of amides is 1. The lowest BCUT2D eigenvalue weighted by Crippen LogP contribution is -2.43. The average Bonchev–Trinajstić information content (AvgIpc) is 2.67. The second-order valence-electron chi connectivity index (χ2n) is 5.42. The Labute approximate surface area is 152 Å². The van der Waals surface area contributed by atoms with E-state index in [1.807, 2.05) is 30.3 Å². The van der Waals surface area contributed by atoms with Crippen LogP contribution in [-0.4, -0.2) is 41.8 Å². The number of carbonyl (C=O) groups is 2. The van der Waals surface area contributed by atoms with Crippen LogP contribution in [0.4, 0.5) is 0 Å². The molecule has 0 aliphatic heterocycles. The first-order valence-corrected chi connectivity index (χ1v) is 7.97. The smallest absolute Gasteiger partial charge is 0.337 e. The lowest BCUT2D eigenvalue weighted by atomic mass is 10.1. The van der Waals surface area contributed by atoms with Gasteiger partial charge in [-0.05, 0) is 11.1 Å². The molecule has 26 heavy (non-hydrogen) atoms. The number of rotatable bonds is 7. The fourth-order valence-electron chi connectivity index (χ4n) is 1.95. The fraction of sp³-hybridized carbons (Fsp3) is 0.263. The second kappa shape index (κ2) is 11.8. The summed E-state index contributed by atoms with van der Waals surface area (Å²) < 4.78 is 4.79. The van der Waals surface area contributed by atoms with Crippen LogP contribution in [0.2, 0.25) is 0 Å². The number of methoxy groups -OCH3 is 1. The van der Waals surface area contributed by atoms with Crippen molar-refractivity contribution in [2.75, 3.05) is 13.7 Å². The van der Waals surface area contributed by atoms with Gasteiger partial charge in [0.05, 0.1) is 6.61 Å². The normalized spacial score (nSPS) is 12.3. The number of aliphatic hydroxyl groups excluding tert-OH is 1. The molecule has 0 radical (unpaired) electrons. The van der Waals surface area contributed by atoms with E-state index in [1.165, 1.54) is 7.11 Å². The average molecular weight is 360 g/mol. The molecule has 2 unspecified atom stereocenters. The van der Waals surface area contributed by atoms with E-state index in [4.69, 9.17) is 20.7 Å². The van der Waals surface area contributed by atoms with E-state index in [0.717, 1.165) is 5.56 Å². The zero-order valence-corrected chi connectivity index (χ0v) is 14.5. The van der Waals surface area contributed by atoms with E-state index in [2.05, 4.69) is 5.32 Å². The molecular weight excluding hydrogens is 336 g/mol. The van der Waals surface area contributed by atoms with Gasteiger partial charge in [0, 0.05) is 13.7 Å². The molecule has 2 aromatic carbocycles. The molecule has 0 fully saturated rings. The molecule has 0 spiro atoms. The van der Waals surface area contributed by atoms with Gasteiger partial charge in [-0.25, -0.2) is 4.79 Å². The van der Waals surface area contributed by atoms with E-state index in [1.54, 1.807) is 30.3 Å². The predicted octanol–water partition coefficient (Wildman–Crippen LogP) is 1.08. The van der Waals surface area contributed by atoms with Crippen LogP contribution in [0.1, 0.15) is 17.2 Å². The lowest BCUT2D eigenvalue weighted by molar-refractivity contribution is -0.147. The highest BCUT2D eigenvalue weighted by molar-refractivity contribution is 5.81. The molecule has 0 saturated carbocycles. The van der Waals surface area contributed by atoms with Gasteiger partial charge in [-0.1, -0.05) is 60.7 Å². The van der Waals surface area contributed by atoms with Crippen LogP contribution in [0.5, 0.6) is 0 Å². The number of benzene rings is 2. The number of ether oxygens (including phenoxy) is 1. The quantitative estimate of drug-likeness (QED) is 0.586. The molecule has 0 aliphatic carbocycles. The van der Waals surface area contributed by atoms with Crippen molar-refractivity contribution in [1.82, 2.24) is 5.32 Å². The van der Waals surface area contributed by atoms with E-state index in [9.17, 15) is 9.59 Å². The number of carbonyl (C=O) groups excluding carboxylic acids is 1. The minimum Gasteiger partial charge on any atom is -0.479 e. The van der Waals surface area contributed by atoms with Crippen molar-refractivity contribution in [3.05, 3.63) is 71.8 Å². The zero-order valence-electron chi connectivity index (χ0n) is 14.5. The lowest BCUT2D eigenvalue weighted by Gasteiger charge is -2.10. The third-order valence-corrected chi connectivity index (χ3v) is 3.34. The van der Waals surface area contributed by atoms with Gasteiger partial charge in [-0.15, -0.1) is 0 Å². The van der Waals surface area contributed by atoms with Crippen molar-refractivity contribution in [3.8, 4) is 0 Å². The van der Waals surface area contributed by atoms with E-state index < -0.39 is 18.1 Å². The summed E-state index contributed by atoms with van der Waals surface area (Å²) in [7, 11) is 1.52. The van der Waals surface area contributed by atoms with E-state index in [-0.39, 0.29) is 12.5 Å². The van der Waals surface area contributed by atoms with Gasteiger partial charge in [-0.2, -0.15) is 0 Å². The molecule has 0 aliphatic rings. The highest BCUT2D eigenvalue weighted by atomic mass is 16.5. The fourth-order valence-corrected chi connectivity index (χ4v) is 1.95. The summed E-state index contributed by atoms with van der Waals surface area (Å²) in [4.78, 5) is 21.6. The number of carboxylic acids is 1. The molecule has 1 amide bonds. The number of nitrogens with two attached hydrogens (primary N) is 1. The molecular formula is C19H24N2O5. The molecule has 7 heteroatoms. The van der Waals surface area contributed by atoms with E-state index >= 15 is 0 Å². The maximum absolute atomic E-state index is 11.4. The highest BCUT2D eigenvalue weighted by Crippen LogP contribution is 2.10. The zero-order chi connectivity index (χ0) is 19.4. The Balaban J connectivity index is 0.000000273. The number of carboxylic acid groups (broad SMARTS) is 1. The maximum Gasteiger partial charge on any atom is 0.337 e. The van der Waals surface area contributed by atoms with Gasteiger partial charge < -0.3 is 26.0 Å². The SMILES string of the molecule is COCC(N)C(=O)NCc1ccccc1.O=C(O)C(O)c1ccccc1. The van der Waals surface area contributed by atoms with Crippen molar-refractivity contribution in [2.45, 2.75) is 18.7 Å². The summed E-state index contributed by atoms with van der Waals surface area (Å²) in [6.45, 7) is 0.734. The van der Waals surface area contributed by atoms with E-state index in [0.29, 0.717) is 12.1 Å². The maximum atomic E-state index is 11.4. The molecule has 2 rings (SSSR count). The number of nitrogens with one attached hydrogen (secondary N) is 1. The molecule has 0 bridgehead atoms. The minimum absolute atomic E-state index is 0.194. The first kappa shape index (κ1) is 21.3. The van der Waals surface area contributed by atoms with Crippen molar-refractivity contribution in [1.29, 1.82) is 0 Å². The molecule has 2 atom stereocenters. The first-order valence-electron chi connectivity index (χ1n) is 7.97. The molecule has 7 nitrogen and oxygen atoms in total.